The third kappa shape index (κ3) is 2.58. The molecule has 0 unspecified atom stereocenters. The van der Waals surface area contributed by atoms with Crippen LogP contribution in [0, 0.1) is 11.3 Å². The largest absolute Gasteiger partial charge is 0.417 e. The Bertz CT molecular complexity index is 492. The fourth-order valence-corrected chi connectivity index (χ4v) is 1.64. The van der Waals surface area contributed by atoms with Crippen LogP contribution in [-0.2, 0) is 18.8 Å². The van der Waals surface area contributed by atoms with Gasteiger partial charge in [-0.2, -0.15) is 31.6 Å². The van der Waals surface area contributed by atoms with Crippen LogP contribution in [0.3, 0.4) is 0 Å². The molecule has 1 rings (SSSR count). The van der Waals surface area contributed by atoms with Crippen LogP contribution < -0.4 is 0 Å². The van der Waals surface area contributed by atoms with Crippen molar-refractivity contribution >= 4 is 0 Å². The highest BCUT2D eigenvalue weighted by molar-refractivity contribution is 5.50. The first kappa shape index (κ1) is 14.4. The van der Waals surface area contributed by atoms with Gasteiger partial charge in [-0.1, -0.05) is 6.92 Å². The minimum Gasteiger partial charge on any atom is -0.192 e. The highest BCUT2D eigenvalue weighted by atomic mass is 19.4. The molecule has 0 heterocycles. The molecule has 0 aliphatic rings. The lowest BCUT2D eigenvalue weighted by molar-refractivity contribution is -0.142. The molecule has 0 radical (unpaired) electrons. The molecule has 98 valence electrons. The molecule has 0 aliphatic heterocycles. The number of hydrogen-bond acceptors (Lipinski definition) is 1. The van der Waals surface area contributed by atoms with Crippen LogP contribution in [0.25, 0.3) is 0 Å². The van der Waals surface area contributed by atoms with Crippen molar-refractivity contribution in [1.82, 2.24) is 0 Å². The van der Waals surface area contributed by atoms with Crippen molar-refractivity contribution in [3.63, 3.8) is 0 Å². The summed E-state index contributed by atoms with van der Waals surface area (Å²) < 4.78 is 75.4. The van der Waals surface area contributed by atoms with E-state index < -0.39 is 34.6 Å². The molecule has 7 heteroatoms. The average Bonchev–Trinajstić information content (AvgIpc) is 2.24. The topological polar surface area (TPSA) is 23.8 Å². The predicted molar refractivity (Wildman–Crippen MR) is 50.5 cm³/mol. The maximum Gasteiger partial charge on any atom is 0.417 e. The van der Waals surface area contributed by atoms with E-state index in [9.17, 15) is 26.3 Å². The van der Waals surface area contributed by atoms with Gasteiger partial charge in [0.15, 0.2) is 0 Å². The summed E-state index contributed by atoms with van der Waals surface area (Å²) in [5.41, 5.74) is -4.12. The van der Waals surface area contributed by atoms with Crippen molar-refractivity contribution in [2.45, 2.75) is 25.7 Å². The Morgan fingerprint density at radius 1 is 1.00 bits per heavy atom. The van der Waals surface area contributed by atoms with Gasteiger partial charge in [0.25, 0.3) is 0 Å². The van der Waals surface area contributed by atoms with E-state index in [0.717, 1.165) is 0 Å². The van der Waals surface area contributed by atoms with Gasteiger partial charge in [-0.3, -0.25) is 0 Å². The first-order valence-corrected chi connectivity index (χ1v) is 4.83. The molecule has 0 atom stereocenters. The summed E-state index contributed by atoms with van der Waals surface area (Å²) in [4.78, 5) is 0. The minimum absolute atomic E-state index is 0.292. The Labute approximate surface area is 98.6 Å². The number of nitrogens with zero attached hydrogens (tertiary/aromatic N) is 1. The molecule has 0 amide bonds. The van der Waals surface area contributed by atoms with Crippen LogP contribution in [0.15, 0.2) is 12.1 Å². The maximum absolute atomic E-state index is 12.6. The lowest BCUT2D eigenvalue weighted by Gasteiger charge is -2.17. The number of hydrogen-bond donors (Lipinski definition) is 0. The third-order valence-electron chi connectivity index (χ3n) is 2.39. The Morgan fingerprint density at radius 2 is 1.44 bits per heavy atom. The monoisotopic (exact) mass is 267 g/mol. The van der Waals surface area contributed by atoms with E-state index >= 15 is 0 Å². The Kier molecular flexibility index (Phi) is 3.60. The molecule has 1 aromatic carbocycles. The number of rotatable bonds is 1. The molecule has 0 N–H and O–H groups in total. The van der Waals surface area contributed by atoms with Crippen molar-refractivity contribution < 1.29 is 26.3 Å². The molecule has 1 nitrogen and oxygen atoms in total. The smallest absolute Gasteiger partial charge is 0.192 e. The molecule has 0 aromatic heterocycles. The Hall–Kier alpha value is -1.71. The van der Waals surface area contributed by atoms with Gasteiger partial charge < -0.3 is 0 Å². The molecule has 0 fully saturated rings. The number of halogens is 6. The van der Waals surface area contributed by atoms with E-state index in [4.69, 9.17) is 5.26 Å². The van der Waals surface area contributed by atoms with Gasteiger partial charge >= 0.3 is 12.4 Å². The first-order valence-electron chi connectivity index (χ1n) is 4.83. The Balaban J connectivity index is 3.64. The second-order valence-electron chi connectivity index (χ2n) is 3.48. The van der Waals surface area contributed by atoms with E-state index in [-0.39, 0.29) is 6.42 Å². The van der Waals surface area contributed by atoms with E-state index in [1.807, 2.05) is 0 Å². The van der Waals surface area contributed by atoms with Crippen LogP contribution in [0.2, 0.25) is 0 Å². The van der Waals surface area contributed by atoms with Crippen LogP contribution in [0.5, 0.6) is 0 Å². The molecule has 0 saturated heterocycles. The predicted octanol–water partition coefficient (Wildman–Crippen LogP) is 4.16. The molecule has 0 bridgehead atoms. The van der Waals surface area contributed by atoms with E-state index in [1.165, 1.54) is 13.0 Å². The van der Waals surface area contributed by atoms with E-state index in [0.29, 0.717) is 12.1 Å². The van der Waals surface area contributed by atoms with Crippen molar-refractivity contribution in [3.05, 3.63) is 34.4 Å². The van der Waals surface area contributed by atoms with Gasteiger partial charge in [-0.15, -0.1) is 0 Å². The van der Waals surface area contributed by atoms with Crippen molar-refractivity contribution in [1.29, 1.82) is 5.26 Å². The normalized spacial score (nSPS) is 12.3. The second kappa shape index (κ2) is 4.52. The van der Waals surface area contributed by atoms with Gasteiger partial charge in [0.2, 0.25) is 0 Å². The summed E-state index contributed by atoms with van der Waals surface area (Å²) in [5.74, 6) is 0. The zero-order valence-corrected chi connectivity index (χ0v) is 9.08. The standard InChI is InChI=1S/C11H7F6N/c1-2-6-7(5-18)9(11(15,16)17)4-3-8(6)10(12,13)14/h3-4H,2H2,1H3. The van der Waals surface area contributed by atoms with Gasteiger partial charge in [0.05, 0.1) is 16.7 Å². The number of nitriles is 1. The van der Waals surface area contributed by atoms with Crippen LogP contribution in [0.4, 0.5) is 26.3 Å². The zero-order chi connectivity index (χ0) is 14.1. The van der Waals surface area contributed by atoms with Crippen molar-refractivity contribution in [2.75, 3.05) is 0 Å². The third-order valence-corrected chi connectivity index (χ3v) is 2.39. The molecule has 0 saturated carbocycles. The summed E-state index contributed by atoms with van der Waals surface area (Å²) in [7, 11) is 0. The van der Waals surface area contributed by atoms with E-state index in [1.54, 1.807) is 0 Å². The zero-order valence-electron chi connectivity index (χ0n) is 9.08. The molecule has 0 spiro atoms. The number of alkyl halides is 6. The summed E-state index contributed by atoms with van der Waals surface area (Å²) in [6, 6.07) is 1.87. The molecular weight excluding hydrogens is 260 g/mol. The fourth-order valence-electron chi connectivity index (χ4n) is 1.64. The van der Waals surface area contributed by atoms with Crippen molar-refractivity contribution in [2.24, 2.45) is 0 Å². The summed E-state index contributed by atoms with van der Waals surface area (Å²) >= 11 is 0. The number of benzene rings is 1. The highest BCUT2D eigenvalue weighted by Crippen LogP contribution is 2.39. The Morgan fingerprint density at radius 3 is 1.78 bits per heavy atom. The minimum atomic E-state index is -4.85. The highest BCUT2D eigenvalue weighted by Gasteiger charge is 2.39. The van der Waals surface area contributed by atoms with Gasteiger partial charge in [0, 0.05) is 0 Å². The molecule has 0 aliphatic carbocycles. The molecular formula is C11H7F6N. The lowest BCUT2D eigenvalue weighted by atomic mass is 9.94. The van der Waals surface area contributed by atoms with Crippen LogP contribution in [-0.4, -0.2) is 0 Å². The molecule has 18 heavy (non-hydrogen) atoms. The van der Waals surface area contributed by atoms with E-state index in [2.05, 4.69) is 0 Å². The summed E-state index contributed by atoms with van der Waals surface area (Å²) in [5, 5.41) is 8.67. The second-order valence-corrected chi connectivity index (χ2v) is 3.48. The van der Waals surface area contributed by atoms with Gasteiger partial charge in [-0.05, 0) is 24.1 Å². The quantitative estimate of drug-likeness (QED) is 0.701. The molecule has 1 aromatic rings. The summed E-state index contributed by atoms with van der Waals surface area (Å²) in [6.45, 7) is 1.27. The van der Waals surface area contributed by atoms with Crippen molar-refractivity contribution in [3.8, 4) is 6.07 Å². The SMILES string of the molecule is CCc1c(C(F)(F)F)ccc(C(F)(F)F)c1C#N. The lowest BCUT2D eigenvalue weighted by Crippen LogP contribution is -2.15. The maximum atomic E-state index is 12.6. The average molecular weight is 267 g/mol. The van der Waals surface area contributed by atoms with Crippen LogP contribution in [0.1, 0.15) is 29.2 Å². The first-order chi connectivity index (χ1) is 8.12. The van der Waals surface area contributed by atoms with Crippen LogP contribution >= 0.6 is 0 Å². The fraction of sp³-hybridized carbons (Fsp3) is 0.364. The van der Waals surface area contributed by atoms with Gasteiger partial charge in [-0.25, -0.2) is 0 Å². The summed E-state index contributed by atoms with van der Waals surface area (Å²) in [6.07, 6.45) is -9.93. The van der Waals surface area contributed by atoms with Gasteiger partial charge in [0.1, 0.15) is 6.07 Å².